The average molecular weight is 253 g/mol. The molecule has 0 heteroatoms. The van der Waals surface area contributed by atoms with Crippen LogP contribution >= 0.6 is 0 Å². The van der Waals surface area contributed by atoms with E-state index in [9.17, 15) is 0 Å². The van der Waals surface area contributed by atoms with E-state index in [1.807, 2.05) is 42.5 Å². The number of terminal acetylenes is 1. The van der Waals surface area contributed by atoms with Crippen molar-refractivity contribution in [3.05, 3.63) is 84.4 Å². The van der Waals surface area contributed by atoms with Crippen LogP contribution in [0.25, 0.3) is 22.3 Å². The van der Waals surface area contributed by atoms with Crippen molar-refractivity contribution in [2.45, 2.75) is 0 Å². The number of hydrogen-bond donors (Lipinski definition) is 0. The van der Waals surface area contributed by atoms with Crippen LogP contribution in [0.1, 0.15) is 5.56 Å². The van der Waals surface area contributed by atoms with E-state index in [-0.39, 0.29) is 0 Å². The molecular weight excluding hydrogens is 240 g/mol. The van der Waals surface area contributed by atoms with Crippen molar-refractivity contribution in [2.24, 2.45) is 0 Å². The number of rotatable bonds is 2. The molecule has 0 heterocycles. The van der Waals surface area contributed by atoms with E-state index in [2.05, 4.69) is 42.3 Å². The van der Waals surface area contributed by atoms with Crippen LogP contribution in [0.2, 0.25) is 0 Å². The molecule has 3 aromatic rings. The zero-order valence-corrected chi connectivity index (χ0v) is 11.0. The Hall–Kier alpha value is -2.78. The third-order valence-corrected chi connectivity index (χ3v) is 3.29. The highest BCUT2D eigenvalue weighted by Gasteiger charge is 2.10. The maximum Gasteiger partial charge on any atom is 0.0406 e. The van der Waals surface area contributed by atoms with E-state index >= 15 is 0 Å². The van der Waals surface area contributed by atoms with Crippen LogP contribution in [-0.2, 0) is 0 Å². The second kappa shape index (κ2) is 5.47. The molecule has 0 aromatic heterocycles. The number of hydrogen-bond acceptors (Lipinski definition) is 0. The van der Waals surface area contributed by atoms with Crippen molar-refractivity contribution >= 4 is 0 Å². The summed E-state index contributed by atoms with van der Waals surface area (Å²) >= 11 is 0. The largest absolute Gasteiger partial charge is 0.115 e. The van der Waals surface area contributed by atoms with Crippen molar-refractivity contribution in [3.8, 4) is 34.6 Å². The summed E-state index contributed by atoms with van der Waals surface area (Å²) in [5, 5.41) is 0. The Morgan fingerprint density at radius 2 is 1.35 bits per heavy atom. The molecule has 0 nitrogen and oxygen atoms in total. The first-order valence-electron chi connectivity index (χ1n) is 6.52. The molecule has 0 bridgehead atoms. The predicted molar refractivity (Wildman–Crippen MR) is 84.1 cm³/mol. The standard InChI is InChI=1S/C20H13/c1-2-16-14-9-15-19(17-10-5-3-6-11-17)20(16)18-12-7-4-8-13-18/h1,3-13,15H. The van der Waals surface area contributed by atoms with E-state index in [1.54, 1.807) is 0 Å². The normalized spacial score (nSPS) is 9.95. The first-order valence-corrected chi connectivity index (χ1v) is 6.52. The van der Waals surface area contributed by atoms with Crippen molar-refractivity contribution in [1.29, 1.82) is 0 Å². The van der Waals surface area contributed by atoms with Gasteiger partial charge in [0.25, 0.3) is 0 Å². The highest BCUT2D eigenvalue weighted by atomic mass is 14.1. The van der Waals surface area contributed by atoms with Crippen LogP contribution in [0.3, 0.4) is 0 Å². The van der Waals surface area contributed by atoms with Gasteiger partial charge in [0.2, 0.25) is 0 Å². The molecule has 1 radical (unpaired) electrons. The summed E-state index contributed by atoms with van der Waals surface area (Å²) < 4.78 is 0. The topological polar surface area (TPSA) is 0 Å². The van der Waals surface area contributed by atoms with E-state index in [0.29, 0.717) is 0 Å². The van der Waals surface area contributed by atoms with Crippen LogP contribution < -0.4 is 0 Å². The monoisotopic (exact) mass is 253 g/mol. The fraction of sp³-hybridized carbons (Fsp3) is 0. The fourth-order valence-electron chi connectivity index (χ4n) is 2.38. The molecule has 0 amide bonds. The highest BCUT2D eigenvalue weighted by Crippen LogP contribution is 2.34. The maximum atomic E-state index is 5.65. The van der Waals surface area contributed by atoms with Crippen LogP contribution in [0, 0.1) is 18.4 Å². The van der Waals surface area contributed by atoms with E-state index in [4.69, 9.17) is 6.42 Å². The van der Waals surface area contributed by atoms with E-state index in [1.165, 1.54) is 0 Å². The maximum absolute atomic E-state index is 5.65. The molecule has 20 heavy (non-hydrogen) atoms. The summed E-state index contributed by atoms with van der Waals surface area (Å²) in [5.74, 6) is 2.75. The quantitative estimate of drug-likeness (QED) is 0.575. The Balaban J connectivity index is 2.30. The minimum Gasteiger partial charge on any atom is -0.115 e. The molecule has 0 atom stereocenters. The lowest BCUT2D eigenvalue weighted by Gasteiger charge is -2.12. The Kier molecular flexibility index (Phi) is 3.35. The lowest BCUT2D eigenvalue weighted by molar-refractivity contribution is 1.55. The van der Waals surface area contributed by atoms with Crippen molar-refractivity contribution < 1.29 is 0 Å². The zero-order chi connectivity index (χ0) is 13.8. The van der Waals surface area contributed by atoms with Gasteiger partial charge in [0.15, 0.2) is 0 Å². The van der Waals surface area contributed by atoms with Gasteiger partial charge >= 0.3 is 0 Å². The molecule has 0 saturated carbocycles. The van der Waals surface area contributed by atoms with E-state index in [0.717, 1.165) is 27.8 Å². The predicted octanol–water partition coefficient (Wildman–Crippen LogP) is 4.80. The molecule has 3 aromatic carbocycles. The molecule has 0 aliphatic heterocycles. The summed E-state index contributed by atoms with van der Waals surface area (Å²) in [5.41, 5.74) is 5.30. The highest BCUT2D eigenvalue weighted by molar-refractivity contribution is 5.87. The van der Waals surface area contributed by atoms with Gasteiger partial charge in [-0.2, -0.15) is 0 Å². The number of benzene rings is 3. The van der Waals surface area contributed by atoms with Crippen LogP contribution in [0.4, 0.5) is 0 Å². The minimum absolute atomic E-state index is 0.803. The van der Waals surface area contributed by atoms with Crippen molar-refractivity contribution in [1.82, 2.24) is 0 Å². The molecule has 0 spiro atoms. The molecule has 0 N–H and O–H groups in total. The van der Waals surface area contributed by atoms with E-state index < -0.39 is 0 Å². The molecule has 0 unspecified atom stereocenters. The molecule has 93 valence electrons. The minimum atomic E-state index is 0.803. The molecular formula is C20H13. The van der Waals surface area contributed by atoms with Gasteiger partial charge in [-0.05, 0) is 22.8 Å². The Morgan fingerprint density at radius 1 is 0.750 bits per heavy atom. The molecule has 3 rings (SSSR count). The Labute approximate surface area is 119 Å². The van der Waals surface area contributed by atoms with Gasteiger partial charge in [-0.25, -0.2) is 0 Å². The van der Waals surface area contributed by atoms with Gasteiger partial charge in [-0.3, -0.25) is 0 Å². The summed E-state index contributed by atoms with van der Waals surface area (Å²) in [6.45, 7) is 0. The third-order valence-electron chi connectivity index (χ3n) is 3.29. The van der Waals surface area contributed by atoms with Gasteiger partial charge < -0.3 is 0 Å². The fourth-order valence-corrected chi connectivity index (χ4v) is 2.38. The second-order valence-corrected chi connectivity index (χ2v) is 4.52. The first-order chi connectivity index (χ1) is 9.90. The van der Waals surface area contributed by atoms with Crippen LogP contribution in [0.5, 0.6) is 0 Å². The van der Waals surface area contributed by atoms with Gasteiger partial charge in [0.1, 0.15) is 0 Å². The van der Waals surface area contributed by atoms with Gasteiger partial charge in [-0.15, -0.1) is 6.42 Å². The zero-order valence-electron chi connectivity index (χ0n) is 11.0. The third kappa shape index (κ3) is 2.22. The van der Waals surface area contributed by atoms with Crippen molar-refractivity contribution in [2.75, 3.05) is 0 Å². The summed E-state index contributed by atoms with van der Waals surface area (Å²) in [4.78, 5) is 0. The molecule has 0 fully saturated rings. The van der Waals surface area contributed by atoms with Crippen LogP contribution in [0.15, 0.2) is 72.8 Å². The van der Waals surface area contributed by atoms with Gasteiger partial charge in [0, 0.05) is 11.1 Å². The molecule has 0 aliphatic carbocycles. The lowest BCUT2D eigenvalue weighted by Crippen LogP contribution is -1.89. The lowest BCUT2D eigenvalue weighted by atomic mass is 9.91. The van der Waals surface area contributed by atoms with Crippen LogP contribution in [-0.4, -0.2) is 0 Å². The molecule has 0 saturated heterocycles. The summed E-state index contributed by atoms with van der Waals surface area (Å²) in [6, 6.07) is 27.6. The first kappa shape index (κ1) is 12.3. The molecule has 0 aliphatic rings. The smallest absolute Gasteiger partial charge is 0.0406 e. The second-order valence-electron chi connectivity index (χ2n) is 4.52. The van der Waals surface area contributed by atoms with Gasteiger partial charge in [0.05, 0.1) is 0 Å². The average Bonchev–Trinajstić information content (AvgIpc) is 2.55. The summed E-state index contributed by atoms with van der Waals surface area (Å²) in [7, 11) is 0. The summed E-state index contributed by atoms with van der Waals surface area (Å²) in [6.07, 6.45) is 5.65. The Bertz CT molecular complexity index is 747. The van der Waals surface area contributed by atoms with Crippen molar-refractivity contribution in [3.63, 3.8) is 0 Å². The Morgan fingerprint density at radius 3 is 1.95 bits per heavy atom. The van der Waals surface area contributed by atoms with Gasteiger partial charge in [-0.1, -0.05) is 78.7 Å². The SMILES string of the molecule is C#Cc1[c]ccc(-c2ccccc2)c1-c1ccccc1.